The Balaban J connectivity index is 1.64. The molecule has 1 aliphatic heterocycles. The molecule has 3 heteroatoms. The first-order valence-corrected chi connectivity index (χ1v) is 7.70. The average molecular weight is 300 g/mol. The number of benzene rings is 1. The molecular weight excluding hydrogens is 284 g/mol. The normalized spacial score (nSPS) is 18.3. The molecule has 0 N–H and O–H groups in total. The van der Waals surface area contributed by atoms with Crippen LogP contribution < -0.4 is 4.90 Å². The van der Waals surface area contributed by atoms with Gasteiger partial charge in [-0.25, -0.2) is 0 Å². The molecule has 1 aliphatic carbocycles. The lowest BCUT2D eigenvalue weighted by atomic mass is 10.0. The van der Waals surface area contributed by atoms with Crippen molar-refractivity contribution in [3.8, 4) is 0 Å². The number of fused-ring (bicyclic) bond motifs is 1. The topological polar surface area (TPSA) is 33.2 Å². The summed E-state index contributed by atoms with van der Waals surface area (Å²) in [6.07, 6.45) is 13.1. The maximum atomic E-state index is 12.4. The highest BCUT2D eigenvalue weighted by molar-refractivity contribution is 6.04. The lowest BCUT2D eigenvalue weighted by Gasteiger charge is -2.23. The monoisotopic (exact) mass is 300 g/mol. The Kier molecular flexibility index (Phi) is 3.39. The highest BCUT2D eigenvalue weighted by atomic mass is 16.2. The molecule has 0 unspecified atom stereocenters. The number of hydrogen-bond acceptors (Lipinski definition) is 2. The van der Waals surface area contributed by atoms with E-state index in [1.165, 1.54) is 5.57 Å². The molecular formula is C20H16N2O. The van der Waals surface area contributed by atoms with Crippen molar-refractivity contribution in [3.63, 3.8) is 0 Å². The van der Waals surface area contributed by atoms with E-state index >= 15 is 0 Å². The van der Waals surface area contributed by atoms with Gasteiger partial charge in [-0.15, -0.1) is 0 Å². The molecule has 112 valence electrons. The molecule has 0 bridgehead atoms. The van der Waals surface area contributed by atoms with Crippen molar-refractivity contribution in [3.05, 3.63) is 89.4 Å². The van der Waals surface area contributed by atoms with Crippen LogP contribution in [0.3, 0.4) is 0 Å². The van der Waals surface area contributed by atoms with Crippen LogP contribution in [0.4, 0.5) is 5.69 Å². The highest BCUT2D eigenvalue weighted by Crippen LogP contribution is 2.35. The highest BCUT2D eigenvalue weighted by Gasteiger charge is 2.29. The number of hydrogen-bond donors (Lipinski definition) is 0. The fourth-order valence-corrected chi connectivity index (χ4v) is 3.11. The molecule has 2 heterocycles. The number of anilines is 1. The molecule has 2 aromatic rings. The lowest BCUT2D eigenvalue weighted by molar-refractivity contribution is -0.116. The van der Waals surface area contributed by atoms with Crippen LogP contribution in [0.25, 0.3) is 6.08 Å². The van der Waals surface area contributed by atoms with Crippen LogP contribution >= 0.6 is 0 Å². The molecule has 2 aliphatic rings. The number of allylic oxidation sites excluding steroid dienone is 4. The third kappa shape index (κ3) is 2.61. The summed E-state index contributed by atoms with van der Waals surface area (Å²) in [5, 5.41) is 0. The van der Waals surface area contributed by atoms with Crippen LogP contribution in [-0.2, 0) is 11.2 Å². The van der Waals surface area contributed by atoms with Crippen LogP contribution in [0, 0.1) is 0 Å². The third-order valence-electron chi connectivity index (χ3n) is 4.15. The van der Waals surface area contributed by atoms with E-state index in [0.717, 1.165) is 28.9 Å². The van der Waals surface area contributed by atoms with Crippen molar-refractivity contribution >= 4 is 17.7 Å². The molecule has 1 aromatic heterocycles. The summed E-state index contributed by atoms with van der Waals surface area (Å²) in [6, 6.07) is 12.0. The molecule has 4 rings (SSSR count). The number of carbonyl (C=O) groups excluding carboxylic acids is 1. The smallest absolute Gasteiger partial charge is 0.235 e. The minimum atomic E-state index is 0.149. The Hall–Kier alpha value is -2.94. The van der Waals surface area contributed by atoms with Gasteiger partial charge in [0.15, 0.2) is 0 Å². The summed E-state index contributed by atoms with van der Waals surface area (Å²) in [4.78, 5) is 18.3. The zero-order valence-electron chi connectivity index (χ0n) is 12.6. The van der Waals surface area contributed by atoms with Gasteiger partial charge in [0.25, 0.3) is 0 Å². The predicted octanol–water partition coefficient (Wildman–Crippen LogP) is 3.90. The number of rotatable bonds is 2. The van der Waals surface area contributed by atoms with Crippen molar-refractivity contribution in [2.75, 3.05) is 4.90 Å². The van der Waals surface area contributed by atoms with Gasteiger partial charge in [0.05, 0.1) is 12.1 Å². The summed E-state index contributed by atoms with van der Waals surface area (Å²) < 4.78 is 0. The Labute approximate surface area is 135 Å². The second-order valence-corrected chi connectivity index (χ2v) is 5.73. The van der Waals surface area contributed by atoms with Gasteiger partial charge in [-0.05, 0) is 41.0 Å². The van der Waals surface area contributed by atoms with Gasteiger partial charge in [-0.2, -0.15) is 0 Å². The number of nitrogens with zero attached hydrogens (tertiary/aromatic N) is 2. The van der Waals surface area contributed by atoms with Crippen LogP contribution in [-0.4, -0.2) is 10.9 Å². The van der Waals surface area contributed by atoms with E-state index < -0.39 is 0 Å². The van der Waals surface area contributed by atoms with E-state index in [4.69, 9.17) is 0 Å². The molecule has 3 nitrogen and oxygen atoms in total. The average Bonchev–Trinajstić information content (AvgIpc) is 2.92. The summed E-state index contributed by atoms with van der Waals surface area (Å²) in [5.41, 5.74) is 5.46. The van der Waals surface area contributed by atoms with Crippen molar-refractivity contribution in [2.24, 2.45) is 0 Å². The Morgan fingerprint density at radius 1 is 1.04 bits per heavy atom. The largest absolute Gasteiger partial charge is 0.284 e. The minimum absolute atomic E-state index is 0.149. The Bertz CT molecular complexity index is 847. The van der Waals surface area contributed by atoms with Crippen molar-refractivity contribution < 1.29 is 4.79 Å². The van der Waals surface area contributed by atoms with E-state index in [9.17, 15) is 4.79 Å². The van der Waals surface area contributed by atoms with Gasteiger partial charge in [0.1, 0.15) is 0 Å². The van der Waals surface area contributed by atoms with Crippen molar-refractivity contribution in [1.82, 2.24) is 4.98 Å². The first-order chi connectivity index (χ1) is 11.3. The van der Waals surface area contributed by atoms with Crippen molar-refractivity contribution in [2.45, 2.75) is 12.8 Å². The molecule has 0 saturated carbocycles. The summed E-state index contributed by atoms with van der Waals surface area (Å²) in [7, 11) is 0. The van der Waals surface area contributed by atoms with E-state index in [1.807, 2.05) is 53.5 Å². The number of pyridine rings is 1. The Morgan fingerprint density at radius 2 is 1.87 bits per heavy atom. The van der Waals surface area contributed by atoms with Crippen molar-refractivity contribution in [1.29, 1.82) is 0 Å². The fourth-order valence-electron chi connectivity index (χ4n) is 3.11. The minimum Gasteiger partial charge on any atom is -0.284 e. The molecule has 23 heavy (non-hydrogen) atoms. The molecule has 0 fully saturated rings. The molecule has 0 spiro atoms. The third-order valence-corrected chi connectivity index (χ3v) is 4.15. The SMILES string of the molecule is O=C1Cc2ccccc2N1C1=CC=CC(=Cc2ccncc2)C1. The summed E-state index contributed by atoms with van der Waals surface area (Å²) in [6.45, 7) is 0. The first-order valence-electron chi connectivity index (χ1n) is 7.70. The van der Waals surface area contributed by atoms with Crippen LogP contribution in [0.15, 0.2) is 78.3 Å². The maximum absolute atomic E-state index is 12.4. The molecule has 0 radical (unpaired) electrons. The molecule has 0 saturated heterocycles. The maximum Gasteiger partial charge on any atom is 0.235 e. The van der Waals surface area contributed by atoms with Gasteiger partial charge in [-0.1, -0.05) is 36.4 Å². The van der Waals surface area contributed by atoms with Crippen LogP contribution in [0.2, 0.25) is 0 Å². The molecule has 1 amide bonds. The van der Waals surface area contributed by atoms with E-state index in [-0.39, 0.29) is 5.91 Å². The molecule has 1 aromatic carbocycles. The lowest BCUT2D eigenvalue weighted by Crippen LogP contribution is -2.26. The quantitative estimate of drug-likeness (QED) is 0.843. The fraction of sp³-hybridized carbons (Fsp3) is 0.100. The van der Waals surface area contributed by atoms with Crippen LogP contribution in [0.1, 0.15) is 17.5 Å². The number of para-hydroxylation sites is 1. The van der Waals surface area contributed by atoms with E-state index in [0.29, 0.717) is 6.42 Å². The van der Waals surface area contributed by atoms with Gasteiger partial charge in [-0.3, -0.25) is 14.7 Å². The van der Waals surface area contributed by atoms with Gasteiger partial charge >= 0.3 is 0 Å². The van der Waals surface area contributed by atoms with Gasteiger partial charge in [0.2, 0.25) is 5.91 Å². The zero-order valence-corrected chi connectivity index (χ0v) is 12.6. The molecule has 0 atom stereocenters. The van der Waals surface area contributed by atoms with E-state index in [2.05, 4.69) is 17.1 Å². The zero-order chi connectivity index (χ0) is 15.6. The Morgan fingerprint density at radius 3 is 2.74 bits per heavy atom. The number of amides is 1. The summed E-state index contributed by atoms with van der Waals surface area (Å²) in [5.74, 6) is 0.149. The standard InChI is InChI=1S/C20H16N2O/c23-20-14-17-5-1-2-7-19(17)22(20)18-6-3-4-16(13-18)12-15-8-10-21-11-9-15/h1-12H,13-14H2. The number of aromatic nitrogens is 1. The van der Waals surface area contributed by atoms with Gasteiger partial charge in [0, 0.05) is 24.5 Å². The predicted molar refractivity (Wildman–Crippen MR) is 91.7 cm³/mol. The number of carbonyl (C=O) groups is 1. The van der Waals surface area contributed by atoms with E-state index in [1.54, 1.807) is 12.4 Å². The van der Waals surface area contributed by atoms with Crippen LogP contribution in [0.5, 0.6) is 0 Å². The second-order valence-electron chi connectivity index (χ2n) is 5.73. The second kappa shape index (κ2) is 5.69. The summed E-state index contributed by atoms with van der Waals surface area (Å²) >= 11 is 0. The first kappa shape index (κ1) is 13.7. The van der Waals surface area contributed by atoms with Gasteiger partial charge < -0.3 is 0 Å².